The lowest BCUT2D eigenvalue weighted by molar-refractivity contribution is -0.127. The Morgan fingerprint density at radius 2 is 1.85 bits per heavy atom. The molecular weight excluding hydrogens is 348 g/mol. The average molecular weight is 381 g/mol. The van der Waals surface area contributed by atoms with Crippen LogP contribution in [0.5, 0.6) is 0 Å². The summed E-state index contributed by atoms with van der Waals surface area (Å²) in [7, 11) is -3.50. The monoisotopic (exact) mass is 380 g/mol. The van der Waals surface area contributed by atoms with Crippen LogP contribution < -0.4 is 5.32 Å². The van der Waals surface area contributed by atoms with Crippen molar-refractivity contribution in [2.24, 2.45) is 11.8 Å². The zero-order valence-electron chi connectivity index (χ0n) is 16.6. The van der Waals surface area contributed by atoms with E-state index < -0.39 is 10.0 Å². The molecule has 26 heavy (non-hydrogen) atoms. The summed E-state index contributed by atoms with van der Waals surface area (Å²) in [6.45, 7) is 10.9. The van der Waals surface area contributed by atoms with Crippen LogP contribution in [-0.4, -0.2) is 37.8 Å². The van der Waals surface area contributed by atoms with Gasteiger partial charge in [-0.3, -0.25) is 4.79 Å². The Balaban J connectivity index is 2.02. The molecule has 0 saturated carbocycles. The summed E-state index contributed by atoms with van der Waals surface area (Å²) >= 11 is 0. The summed E-state index contributed by atoms with van der Waals surface area (Å²) in [5, 5.41) is 3.13. The zero-order chi connectivity index (χ0) is 19.5. The number of nitrogens with zero attached hydrogens (tertiary/aromatic N) is 1. The Labute approximate surface area is 158 Å². The largest absolute Gasteiger partial charge is 0.353 e. The van der Waals surface area contributed by atoms with E-state index in [1.165, 1.54) is 4.31 Å². The number of aryl methyl sites for hydroxylation is 2. The minimum Gasteiger partial charge on any atom is -0.353 e. The van der Waals surface area contributed by atoms with Crippen LogP contribution in [0.15, 0.2) is 23.1 Å². The summed E-state index contributed by atoms with van der Waals surface area (Å²) in [4.78, 5) is 12.9. The molecule has 1 amide bonds. The van der Waals surface area contributed by atoms with Gasteiger partial charge in [-0.2, -0.15) is 4.31 Å². The van der Waals surface area contributed by atoms with Crippen LogP contribution in [0.3, 0.4) is 0 Å². The van der Waals surface area contributed by atoms with Gasteiger partial charge in [0.05, 0.1) is 4.90 Å². The van der Waals surface area contributed by atoms with Crippen molar-refractivity contribution in [1.82, 2.24) is 9.62 Å². The molecule has 0 aromatic heterocycles. The number of benzene rings is 1. The van der Waals surface area contributed by atoms with Crippen molar-refractivity contribution in [2.75, 3.05) is 13.1 Å². The standard InChI is InChI=1S/C20H32N2O3S/c1-6-18(14(2)3)21-20(23)17-9-11-22(12-10-17)26(24,25)19-8-7-15(4)13-16(19)5/h7-8,13-14,17-18H,6,9-12H2,1-5H3,(H,21,23). The second-order valence-electron chi connectivity index (χ2n) is 7.71. The van der Waals surface area contributed by atoms with Crippen molar-refractivity contribution in [3.8, 4) is 0 Å². The molecule has 1 N–H and O–H groups in total. The van der Waals surface area contributed by atoms with E-state index >= 15 is 0 Å². The Morgan fingerprint density at radius 1 is 1.23 bits per heavy atom. The predicted molar refractivity (Wildman–Crippen MR) is 104 cm³/mol. The number of rotatable bonds is 6. The van der Waals surface area contributed by atoms with Crippen LogP contribution in [0, 0.1) is 25.7 Å². The highest BCUT2D eigenvalue weighted by Gasteiger charge is 2.33. The molecule has 1 saturated heterocycles. The van der Waals surface area contributed by atoms with Crippen LogP contribution in [0.25, 0.3) is 0 Å². The number of sulfonamides is 1. The minimum absolute atomic E-state index is 0.0640. The molecule has 1 unspecified atom stereocenters. The molecule has 2 rings (SSSR count). The maximum absolute atomic E-state index is 12.9. The first-order chi connectivity index (χ1) is 12.2. The van der Waals surface area contributed by atoms with E-state index in [2.05, 4.69) is 26.1 Å². The van der Waals surface area contributed by atoms with Gasteiger partial charge in [-0.05, 0) is 50.7 Å². The number of hydrogen-bond acceptors (Lipinski definition) is 3. The zero-order valence-corrected chi connectivity index (χ0v) is 17.4. The van der Waals surface area contributed by atoms with Crippen LogP contribution in [-0.2, 0) is 14.8 Å². The fourth-order valence-corrected chi connectivity index (χ4v) is 5.30. The highest BCUT2D eigenvalue weighted by atomic mass is 32.2. The maximum atomic E-state index is 12.9. The molecule has 1 aliphatic heterocycles. The van der Waals surface area contributed by atoms with E-state index in [-0.39, 0.29) is 17.9 Å². The number of carbonyl (C=O) groups is 1. The Bertz CT molecular complexity index is 735. The predicted octanol–water partition coefficient (Wildman–Crippen LogP) is 3.25. The van der Waals surface area contributed by atoms with Gasteiger partial charge in [0.1, 0.15) is 0 Å². The molecule has 1 aromatic carbocycles. The van der Waals surface area contributed by atoms with Gasteiger partial charge in [-0.15, -0.1) is 0 Å². The smallest absolute Gasteiger partial charge is 0.243 e. The molecule has 1 fully saturated rings. The molecule has 146 valence electrons. The SMILES string of the molecule is CCC(NC(=O)C1CCN(S(=O)(=O)c2ccc(C)cc2C)CC1)C(C)C. The summed E-state index contributed by atoms with van der Waals surface area (Å²) in [5.74, 6) is 0.358. The van der Waals surface area contributed by atoms with E-state index in [1.807, 2.05) is 26.0 Å². The van der Waals surface area contributed by atoms with Crippen LogP contribution in [0.2, 0.25) is 0 Å². The maximum Gasteiger partial charge on any atom is 0.243 e. The first-order valence-corrected chi connectivity index (χ1v) is 11.0. The third-order valence-corrected chi connectivity index (χ3v) is 7.40. The molecule has 1 heterocycles. The molecule has 1 aliphatic rings. The molecule has 1 aromatic rings. The van der Waals surface area contributed by atoms with Crippen molar-refractivity contribution in [3.63, 3.8) is 0 Å². The Hall–Kier alpha value is -1.40. The van der Waals surface area contributed by atoms with Crippen LogP contribution in [0.1, 0.15) is 51.2 Å². The van der Waals surface area contributed by atoms with Gasteiger partial charge in [-0.25, -0.2) is 8.42 Å². The topological polar surface area (TPSA) is 66.5 Å². The van der Waals surface area contributed by atoms with E-state index in [0.29, 0.717) is 36.7 Å². The summed E-state index contributed by atoms with van der Waals surface area (Å²) < 4.78 is 27.4. The van der Waals surface area contributed by atoms with E-state index in [4.69, 9.17) is 0 Å². The van der Waals surface area contributed by atoms with Gasteiger partial charge in [0.15, 0.2) is 0 Å². The second-order valence-corrected chi connectivity index (χ2v) is 9.62. The average Bonchev–Trinajstić information content (AvgIpc) is 2.58. The molecule has 0 aliphatic carbocycles. The van der Waals surface area contributed by atoms with Crippen molar-refractivity contribution >= 4 is 15.9 Å². The first kappa shape index (κ1) is 20.9. The lowest BCUT2D eigenvalue weighted by atomic mass is 9.95. The lowest BCUT2D eigenvalue weighted by Crippen LogP contribution is -2.46. The van der Waals surface area contributed by atoms with Crippen molar-refractivity contribution in [3.05, 3.63) is 29.3 Å². The Morgan fingerprint density at radius 3 is 2.35 bits per heavy atom. The molecule has 0 radical (unpaired) electrons. The molecule has 0 bridgehead atoms. The van der Waals surface area contributed by atoms with Gasteiger partial charge in [0, 0.05) is 25.0 Å². The normalized spacial score (nSPS) is 18.1. The fourth-order valence-electron chi connectivity index (χ4n) is 3.63. The quantitative estimate of drug-likeness (QED) is 0.824. The minimum atomic E-state index is -3.50. The number of hydrogen-bond donors (Lipinski definition) is 1. The Kier molecular flexibility index (Phi) is 6.86. The number of nitrogens with one attached hydrogen (secondary N) is 1. The van der Waals surface area contributed by atoms with E-state index in [9.17, 15) is 13.2 Å². The highest BCUT2D eigenvalue weighted by Crippen LogP contribution is 2.26. The van der Waals surface area contributed by atoms with Gasteiger partial charge in [0.2, 0.25) is 15.9 Å². The highest BCUT2D eigenvalue weighted by molar-refractivity contribution is 7.89. The number of amides is 1. The van der Waals surface area contributed by atoms with Crippen molar-refractivity contribution in [1.29, 1.82) is 0 Å². The number of piperidine rings is 1. The fraction of sp³-hybridized carbons (Fsp3) is 0.650. The van der Waals surface area contributed by atoms with Crippen LogP contribution in [0.4, 0.5) is 0 Å². The van der Waals surface area contributed by atoms with Crippen molar-refractivity contribution in [2.45, 2.75) is 64.8 Å². The van der Waals surface area contributed by atoms with E-state index in [1.54, 1.807) is 6.07 Å². The first-order valence-electron chi connectivity index (χ1n) is 9.54. The van der Waals surface area contributed by atoms with Gasteiger partial charge in [-0.1, -0.05) is 38.5 Å². The molecule has 5 nitrogen and oxygen atoms in total. The molecule has 0 spiro atoms. The summed E-state index contributed by atoms with van der Waals surface area (Å²) in [5.41, 5.74) is 1.82. The summed E-state index contributed by atoms with van der Waals surface area (Å²) in [6.07, 6.45) is 2.05. The van der Waals surface area contributed by atoms with Gasteiger partial charge in [0.25, 0.3) is 0 Å². The van der Waals surface area contributed by atoms with Gasteiger partial charge < -0.3 is 5.32 Å². The second kappa shape index (κ2) is 8.53. The van der Waals surface area contributed by atoms with E-state index in [0.717, 1.165) is 17.5 Å². The third-order valence-electron chi connectivity index (χ3n) is 5.35. The van der Waals surface area contributed by atoms with Gasteiger partial charge >= 0.3 is 0 Å². The summed E-state index contributed by atoms with van der Waals surface area (Å²) in [6, 6.07) is 5.59. The molecule has 6 heteroatoms. The third kappa shape index (κ3) is 4.65. The van der Waals surface area contributed by atoms with Crippen LogP contribution >= 0.6 is 0 Å². The lowest BCUT2D eigenvalue weighted by Gasteiger charge is -2.32. The molecule has 1 atom stereocenters. The van der Waals surface area contributed by atoms with Crippen molar-refractivity contribution < 1.29 is 13.2 Å². The number of carbonyl (C=O) groups excluding carboxylic acids is 1. The molecular formula is C20H32N2O3S.